The average Bonchev–Trinajstić information content (AvgIpc) is 2.23. The third-order valence-corrected chi connectivity index (χ3v) is 2.96. The number of nitrogens with zero attached hydrogens (tertiary/aromatic N) is 1. The van der Waals surface area contributed by atoms with Gasteiger partial charge in [-0.25, -0.2) is 0 Å². The summed E-state index contributed by atoms with van der Waals surface area (Å²) in [7, 11) is 0. The monoisotopic (exact) mass is 246 g/mol. The van der Waals surface area contributed by atoms with Gasteiger partial charge in [-0.1, -0.05) is 12.2 Å². The zero-order valence-electron chi connectivity index (χ0n) is 9.89. The molecule has 0 bridgehead atoms. The Morgan fingerprint density at radius 2 is 2.25 bits per heavy atom. The van der Waals surface area contributed by atoms with E-state index in [1.54, 1.807) is 0 Å². The summed E-state index contributed by atoms with van der Waals surface area (Å²) in [6, 6.07) is 0. The van der Waals surface area contributed by atoms with Crippen molar-refractivity contribution in [3.8, 4) is 0 Å². The van der Waals surface area contributed by atoms with Crippen molar-refractivity contribution in [1.29, 1.82) is 0 Å². The van der Waals surface area contributed by atoms with E-state index in [0.29, 0.717) is 4.99 Å². The van der Waals surface area contributed by atoms with E-state index in [1.807, 2.05) is 6.92 Å². The van der Waals surface area contributed by atoms with Gasteiger partial charge in [0.25, 0.3) is 0 Å². The van der Waals surface area contributed by atoms with Crippen LogP contribution >= 0.6 is 12.2 Å². The fourth-order valence-electron chi connectivity index (χ4n) is 2.06. The van der Waals surface area contributed by atoms with Crippen LogP contribution in [0, 0.1) is 0 Å². The van der Waals surface area contributed by atoms with E-state index in [2.05, 4.69) is 4.90 Å². The molecule has 0 spiro atoms. The summed E-state index contributed by atoms with van der Waals surface area (Å²) in [6.45, 7) is 4.96. The van der Waals surface area contributed by atoms with E-state index in [9.17, 15) is 0 Å². The van der Waals surface area contributed by atoms with E-state index in [1.165, 1.54) is 0 Å². The summed E-state index contributed by atoms with van der Waals surface area (Å²) in [5, 5.41) is 9.09. The van der Waals surface area contributed by atoms with Crippen LogP contribution in [0.4, 0.5) is 0 Å². The second-order valence-electron chi connectivity index (χ2n) is 4.43. The SMILES string of the molecule is CC1CN(CCCCC(N)=S)CC(CO)O1. The van der Waals surface area contributed by atoms with Gasteiger partial charge >= 0.3 is 0 Å². The Bertz CT molecular complexity index is 226. The molecular weight excluding hydrogens is 224 g/mol. The minimum atomic E-state index is -0.0284. The number of morpholine rings is 1. The zero-order valence-corrected chi connectivity index (χ0v) is 10.7. The van der Waals surface area contributed by atoms with E-state index in [0.717, 1.165) is 38.9 Å². The maximum Gasteiger partial charge on any atom is 0.0936 e. The van der Waals surface area contributed by atoms with Gasteiger partial charge in [-0.3, -0.25) is 4.90 Å². The highest BCUT2D eigenvalue weighted by atomic mass is 32.1. The van der Waals surface area contributed by atoms with Crippen molar-refractivity contribution in [2.75, 3.05) is 26.2 Å². The summed E-state index contributed by atoms with van der Waals surface area (Å²) < 4.78 is 5.58. The number of aliphatic hydroxyl groups excluding tert-OH is 1. The molecule has 4 nitrogen and oxygen atoms in total. The molecule has 0 amide bonds. The Balaban J connectivity index is 2.18. The first-order valence-electron chi connectivity index (χ1n) is 5.88. The maximum absolute atomic E-state index is 9.09. The van der Waals surface area contributed by atoms with Crippen molar-refractivity contribution >= 4 is 17.2 Å². The Morgan fingerprint density at radius 3 is 2.88 bits per heavy atom. The summed E-state index contributed by atoms with van der Waals surface area (Å²) >= 11 is 4.83. The van der Waals surface area contributed by atoms with E-state index >= 15 is 0 Å². The molecule has 0 saturated carbocycles. The molecule has 16 heavy (non-hydrogen) atoms. The van der Waals surface area contributed by atoms with Crippen molar-refractivity contribution in [3.63, 3.8) is 0 Å². The van der Waals surface area contributed by atoms with Gasteiger partial charge in [-0.2, -0.15) is 0 Å². The normalized spacial score (nSPS) is 26.9. The molecule has 1 rings (SSSR count). The number of unbranched alkanes of at least 4 members (excludes halogenated alkanes) is 1. The standard InChI is InChI=1S/C11H22N2O2S/c1-9-6-13(7-10(8-14)15-9)5-3-2-4-11(12)16/h9-10,14H,2-8H2,1H3,(H2,12,16). The van der Waals surface area contributed by atoms with Crippen molar-refractivity contribution in [2.45, 2.75) is 38.4 Å². The fraction of sp³-hybridized carbons (Fsp3) is 0.909. The molecule has 0 aromatic heterocycles. The zero-order chi connectivity index (χ0) is 12.0. The Morgan fingerprint density at radius 1 is 1.50 bits per heavy atom. The first-order valence-corrected chi connectivity index (χ1v) is 6.29. The third-order valence-electron chi connectivity index (χ3n) is 2.75. The van der Waals surface area contributed by atoms with Crippen molar-refractivity contribution in [3.05, 3.63) is 0 Å². The van der Waals surface area contributed by atoms with Crippen molar-refractivity contribution < 1.29 is 9.84 Å². The van der Waals surface area contributed by atoms with Crippen LogP contribution in [-0.4, -0.2) is 53.4 Å². The average molecular weight is 246 g/mol. The summed E-state index contributed by atoms with van der Waals surface area (Å²) in [5.41, 5.74) is 5.44. The first kappa shape index (κ1) is 13.8. The highest BCUT2D eigenvalue weighted by Crippen LogP contribution is 2.11. The number of aliphatic hydroxyl groups is 1. The van der Waals surface area contributed by atoms with Gasteiger partial charge in [-0.15, -0.1) is 0 Å². The minimum absolute atomic E-state index is 0.0284. The smallest absolute Gasteiger partial charge is 0.0936 e. The van der Waals surface area contributed by atoms with Gasteiger partial charge in [0, 0.05) is 13.1 Å². The number of rotatable bonds is 6. The molecular formula is C11H22N2O2S. The molecule has 94 valence electrons. The largest absolute Gasteiger partial charge is 0.394 e. The van der Waals surface area contributed by atoms with E-state index < -0.39 is 0 Å². The molecule has 1 heterocycles. The maximum atomic E-state index is 9.09. The van der Waals surface area contributed by atoms with Crippen molar-refractivity contribution in [1.82, 2.24) is 4.90 Å². The molecule has 1 fully saturated rings. The molecule has 0 radical (unpaired) electrons. The van der Waals surface area contributed by atoms with Crippen LogP contribution in [0.25, 0.3) is 0 Å². The number of thiocarbonyl (C=S) groups is 1. The van der Waals surface area contributed by atoms with Gasteiger partial charge in [-0.05, 0) is 32.7 Å². The molecule has 0 aromatic rings. The van der Waals surface area contributed by atoms with Gasteiger partial charge in [0.15, 0.2) is 0 Å². The Kier molecular flexibility index (Phi) is 6.20. The first-order chi connectivity index (χ1) is 7.61. The lowest BCUT2D eigenvalue weighted by Crippen LogP contribution is -2.48. The van der Waals surface area contributed by atoms with Gasteiger partial charge in [0.05, 0.1) is 23.8 Å². The predicted octanol–water partition coefficient (Wildman–Crippen LogP) is 0.524. The molecule has 2 atom stereocenters. The molecule has 0 aliphatic carbocycles. The number of ether oxygens (including phenoxy) is 1. The van der Waals surface area contributed by atoms with Crippen molar-refractivity contribution in [2.24, 2.45) is 5.73 Å². The van der Waals surface area contributed by atoms with Crippen LogP contribution in [0.15, 0.2) is 0 Å². The highest BCUT2D eigenvalue weighted by Gasteiger charge is 2.23. The molecule has 5 heteroatoms. The molecule has 0 aromatic carbocycles. The number of hydrogen-bond acceptors (Lipinski definition) is 4. The second kappa shape index (κ2) is 7.17. The Hall–Kier alpha value is -0.230. The van der Waals surface area contributed by atoms with E-state index in [-0.39, 0.29) is 18.8 Å². The molecule has 1 aliphatic heterocycles. The van der Waals surface area contributed by atoms with Crippen LogP contribution in [0.3, 0.4) is 0 Å². The summed E-state index contributed by atoms with van der Waals surface area (Å²) in [5.74, 6) is 0. The predicted molar refractivity (Wildman–Crippen MR) is 68.5 cm³/mol. The van der Waals surface area contributed by atoms with Gasteiger partial charge in [0.2, 0.25) is 0 Å². The summed E-state index contributed by atoms with van der Waals surface area (Å²) in [4.78, 5) is 2.94. The summed E-state index contributed by atoms with van der Waals surface area (Å²) in [6.07, 6.45) is 3.16. The van der Waals surface area contributed by atoms with Gasteiger partial charge in [0.1, 0.15) is 0 Å². The Labute approximate surface area is 103 Å². The molecule has 1 saturated heterocycles. The van der Waals surface area contributed by atoms with Gasteiger partial charge < -0.3 is 15.6 Å². The quantitative estimate of drug-likeness (QED) is 0.529. The second-order valence-corrected chi connectivity index (χ2v) is 4.96. The third kappa shape index (κ3) is 5.21. The lowest BCUT2D eigenvalue weighted by Gasteiger charge is -2.36. The molecule has 2 unspecified atom stereocenters. The molecule has 1 aliphatic rings. The molecule has 3 N–H and O–H groups in total. The lowest BCUT2D eigenvalue weighted by molar-refractivity contribution is -0.0952. The number of hydrogen-bond donors (Lipinski definition) is 2. The highest BCUT2D eigenvalue weighted by molar-refractivity contribution is 7.80. The number of nitrogens with two attached hydrogens (primary N) is 1. The minimum Gasteiger partial charge on any atom is -0.394 e. The van der Waals surface area contributed by atoms with Crippen LogP contribution in [0.2, 0.25) is 0 Å². The lowest BCUT2D eigenvalue weighted by atomic mass is 10.2. The van der Waals surface area contributed by atoms with Crippen LogP contribution in [0.5, 0.6) is 0 Å². The van der Waals surface area contributed by atoms with Crippen LogP contribution < -0.4 is 5.73 Å². The van der Waals surface area contributed by atoms with Crippen LogP contribution in [-0.2, 0) is 4.74 Å². The topological polar surface area (TPSA) is 58.7 Å². The fourth-order valence-corrected chi connectivity index (χ4v) is 2.20. The van der Waals surface area contributed by atoms with E-state index in [4.69, 9.17) is 27.8 Å². The van der Waals surface area contributed by atoms with Crippen LogP contribution in [0.1, 0.15) is 26.2 Å².